The molecule has 1 aromatic heterocycles. The molecule has 3 rings (SSSR count). The Bertz CT molecular complexity index is 577. The molecule has 0 unspecified atom stereocenters. The summed E-state index contributed by atoms with van der Waals surface area (Å²) in [6.07, 6.45) is 7.46. The van der Waals surface area contributed by atoms with Gasteiger partial charge in [0, 0.05) is 29.9 Å². The van der Waals surface area contributed by atoms with Crippen LogP contribution in [0.4, 0.5) is 0 Å². The van der Waals surface area contributed by atoms with Crippen molar-refractivity contribution in [3.63, 3.8) is 0 Å². The Labute approximate surface area is 148 Å². The van der Waals surface area contributed by atoms with Gasteiger partial charge in [-0.3, -0.25) is 9.59 Å². The quantitative estimate of drug-likeness (QED) is 0.906. The van der Waals surface area contributed by atoms with Gasteiger partial charge in [0.15, 0.2) is 0 Å². The van der Waals surface area contributed by atoms with E-state index in [9.17, 15) is 9.59 Å². The van der Waals surface area contributed by atoms with E-state index in [-0.39, 0.29) is 23.8 Å². The summed E-state index contributed by atoms with van der Waals surface area (Å²) >= 11 is 1.59. The van der Waals surface area contributed by atoms with Crippen LogP contribution in [0.5, 0.6) is 0 Å². The third-order valence-corrected chi connectivity index (χ3v) is 6.62. The third kappa shape index (κ3) is 4.00. The average Bonchev–Trinajstić information content (AvgIpc) is 2.95. The van der Waals surface area contributed by atoms with Crippen LogP contribution in [0.25, 0.3) is 0 Å². The minimum Gasteiger partial charge on any atom is -0.353 e. The van der Waals surface area contributed by atoms with Crippen LogP contribution in [-0.2, 0) is 4.79 Å². The number of likely N-dealkylation sites (tertiary alicyclic amines) is 1. The summed E-state index contributed by atoms with van der Waals surface area (Å²) in [6.45, 7) is 5.59. The highest BCUT2D eigenvalue weighted by Crippen LogP contribution is 2.25. The number of aryl methyl sites for hydroxylation is 2. The summed E-state index contributed by atoms with van der Waals surface area (Å²) < 4.78 is 0. The van der Waals surface area contributed by atoms with Crippen molar-refractivity contribution in [2.45, 2.75) is 64.8 Å². The monoisotopic (exact) mass is 348 g/mol. The largest absolute Gasteiger partial charge is 0.353 e. The van der Waals surface area contributed by atoms with E-state index in [1.54, 1.807) is 11.3 Å². The molecule has 132 valence electrons. The lowest BCUT2D eigenvalue weighted by molar-refractivity contribution is -0.126. The van der Waals surface area contributed by atoms with Crippen molar-refractivity contribution < 1.29 is 9.59 Å². The minimum atomic E-state index is 0.147. The first kappa shape index (κ1) is 17.5. The van der Waals surface area contributed by atoms with Crippen molar-refractivity contribution >= 4 is 23.2 Å². The molecule has 0 atom stereocenters. The standard InChI is InChI=1S/C19H28N2O2S/c1-13-12-17(24-14(13)2)19(23)21-10-8-16(9-11-21)20-18(22)15-6-4-3-5-7-15/h12,15-16H,3-11H2,1-2H3,(H,20,22). The highest BCUT2D eigenvalue weighted by Gasteiger charge is 2.28. The van der Waals surface area contributed by atoms with Crippen molar-refractivity contribution in [1.82, 2.24) is 10.2 Å². The predicted octanol–water partition coefficient (Wildman–Crippen LogP) is 3.67. The molecule has 2 amide bonds. The van der Waals surface area contributed by atoms with Crippen LogP contribution in [0.15, 0.2) is 6.07 Å². The molecule has 2 aliphatic rings. The molecule has 1 aliphatic carbocycles. The topological polar surface area (TPSA) is 49.4 Å². The molecule has 1 saturated heterocycles. The van der Waals surface area contributed by atoms with Crippen molar-refractivity contribution in [1.29, 1.82) is 0 Å². The molecule has 1 aromatic rings. The fraction of sp³-hybridized carbons (Fsp3) is 0.684. The molecule has 1 N–H and O–H groups in total. The normalized spacial score (nSPS) is 20.2. The van der Waals surface area contributed by atoms with E-state index in [1.807, 2.05) is 11.0 Å². The molecule has 1 saturated carbocycles. The molecule has 24 heavy (non-hydrogen) atoms. The molecular formula is C19H28N2O2S. The highest BCUT2D eigenvalue weighted by molar-refractivity contribution is 7.14. The van der Waals surface area contributed by atoms with E-state index in [2.05, 4.69) is 19.2 Å². The van der Waals surface area contributed by atoms with Crippen LogP contribution in [0.2, 0.25) is 0 Å². The number of rotatable bonds is 3. The predicted molar refractivity (Wildman–Crippen MR) is 97.4 cm³/mol. The Morgan fingerprint density at radius 3 is 2.33 bits per heavy atom. The van der Waals surface area contributed by atoms with Crippen LogP contribution in [0.3, 0.4) is 0 Å². The number of carbonyl (C=O) groups excluding carboxylic acids is 2. The maximum Gasteiger partial charge on any atom is 0.263 e. The van der Waals surface area contributed by atoms with Crippen molar-refractivity contribution in [2.75, 3.05) is 13.1 Å². The molecule has 5 heteroatoms. The Balaban J connectivity index is 1.48. The van der Waals surface area contributed by atoms with E-state index in [0.717, 1.165) is 43.6 Å². The van der Waals surface area contributed by atoms with Gasteiger partial charge in [-0.05, 0) is 51.2 Å². The molecular weight excluding hydrogens is 320 g/mol. The van der Waals surface area contributed by atoms with E-state index in [0.29, 0.717) is 0 Å². The molecule has 4 nitrogen and oxygen atoms in total. The lowest BCUT2D eigenvalue weighted by Gasteiger charge is -2.33. The van der Waals surface area contributed by atoms with Crippen LogP contribution >= 0.6 is 11.3 Å². The van der Waals surface area contributed by atoms with Crippen LogP contribution in [0, 0.1) is 19.8 Å². The number of nitrogens with one attached hydrogen (secondary N) is 1. The van der Waals surface area contributed by atoms with Crippen molar-refractivity contribution in [2.24, 2.45) is 5.92 Å². The van der Waals surface area contributed by atoms with Gasteiger partial charge in [0.2, 0.25) is 5.91 Å². The fourth-order valence-corrected chi connectivity index (χ4v) is 4.75. The van der Waals surface area contributed by atoms with Gasteiger partial charge in [-0.15, -0.1) is 11.3 Å². The van der Waals surface area contributed by atoms with Gasteiger partial charge >= 0.3 is 0 Å². The number of hydrogen-bond donors (Lipinski definition) is 1. The Kier molecular flexibility index (Phi) is 5.59. The van der Waals surface area contributed by atoms with Gasteiger partial charge in [0.25, 0.3) is 5.91 Å². The fourth-order valence-electron chi connectivity index (χ4n) is 3.75. The maximum atomic E-state index is 12.6. The molecule has 2 fully saturated rings. The number of hydrogen-bond acceptors (Lipinski definition) is 3. The summed E-state index contributed by atoms with van der Waals surface area (Å²) in [4.78, 5) is 28.9. The van der Waals surface area contributed by atoms with Crippen molar-refractivity contribution in [3.05, 3.63) is 21.4 Å². The molecule has 0 spiro atoms. The first-order chi connectivity index (χ1) is 11.5. The van der Waals surface area contributed by atoms with Gasteiger partial charge < -0.3 is 10.2 Å². The number of nitrogens with zero attached hydrogens (tertiary/aromatic N) is 1. The minimum absolute atomic E-state index is 0.147. The van der Waals surface area contributed by atoms with Crippen LogP contribution in [0.1, 0.15) is 65.1 Å². The summed E-state index contributed by atoms with van der Waals surface area (Å²) in [7, 11) is 0. The zero-order chi connectivity index (χ0) is 17.1. The molecule has 0 aromatic carbocycles. The zero-order valence-electron chi connectivity index (χ0n) is 14.8. The number of amides is 2. The van der Waals surface area contributed by atoms with Crippen LogP contribution < -0.4 is 5.32 Å². The summed E-state index contributed by atoms with van der Waals surface area (Å²) in [5, 5.41) is 3.23. The lowest BCUT2D eigenvalue weighted by atomic mass is 9.88. The number of carbonyl (C=O) groups is 2. The molecule has 2 heterocycles. The van der Waals surface area contributed by atoms with Gasteiger partial charge in [-0.2, -0.15) is 0 Å². The Hall–Kier alpha value is -1.36. The van der Waals surface area contributed by atoms with Crippen LogP contribution in [-0.4, -0.2) is 35.8 Å². The first-order valence-electron chi connectivity index (χ1n) is 9.21. The number of thiophene rings is 1. The van der Waals surface area contributed by atoms with E-state index >= 15 is 0 Å². The summed E-state index contributed by atoms with van der Waals surface area (Å²) in [5.74, 6) is 0.604. The molecule has 0 bridgehead atoms. The van der Waals surface area contributed by atoms with E-state index in [4.69, 9.17) is 0 Å². The summed E-state index contributed by atoms with van der Waals surface area (Å²) in [6, 6.07) is 2.23. The Morgan fingerprint density at radius 1 is 1.08 bits per heavy atom. The lowest BCUT2D eigenvalue weighted by Crippen LogP contribution is -2.48. The highest BCUT2D eigenvalue weighted by atomic mass is 32.1. The second-order valence-corrected chi connectivity index (χ2v) is 8.52. The average molecular weight is 349 g/mol. The zero-order valence-corrected chi connectivity index (χ0v) is 15.6. The van der Waals surface area contributed by atoms with Crippen molar-refractivity contribution in [3.8, 4) is 0 Å². The third-order valence-electron chi connectivity index (χ3n) is 5.48. The second kappa shape index (κ2) is 7.68. The second-order valence-electron chi connectivity index (χ2n) is 7.26. The van der Waals surface area contributed by atoms with Gasteiger partial charge in [-0.25, -0.2) is 0 Å². The molecule has 1 aliphatic heterocycles. The SMILES string of the molecule is Cc1cc(C(=O)N2CCC(NC(=O)C3CCCCC3)CC2)sc1C. The Morgan fingerprint density at radius 2 is 1.75 bits per heavy atom. The van der Waals surface area contributed by atoms with E-state index < -0.39 is 0 Å². The maximum absolute atomic E-state index is 12.6. The first-order valence-corrected chi connectivity index (χ1v) is 10.0. The number of piperidine rings is 1. The van der Waals surface area contributed by atoms with Gasteiger partial charge in [0.05, 0.1) is 4.88 Å². The van der Waals surface area contributed by atoms with Gasteiger partial charge in [0.1, 0.15) is 0 Å². The van der Waals surface area contributed by atoms with E-state index in [1.165, 1.54) is 29.7 Å². The summed E-state index contributed by atoms with van der Waals surface area (Å²) in [5.41, 5.74) is 1.19. The van der Waals surface area contributed by atoms with Gasteiger partial charge in [-0.1, -0.05) is 19.3 Å². The smallest absolute Gasteiger partial charge is 0.263 e. The molecule has 0 radical (unpaired) electrons.